The van der Waals surface area contributed by atoms with Gasteiger partial charge in [-0.25, -0.2) is 4.39 Å². The Balaban J connectivity index is 1.49. The van der Waals surface area contributed by atoms with Crippen molar-refractivity contribution in [2.75, 3.05) is 25.3 Å². The van der Waals surface area contributed by atoms with Crippen molar-refractivity contribution in [1.29, 1.82) is 0 Å². The molecule has 0 spiro atoms. The van der Waals surface area contributed by atoms with Crippen LogP contribution in [0.2, 0.25) is 0 Å². The predicted molar refractivity (Wildman–Crippen MR) is 133 cm³/mol. The summed E-state index contributed by atoms with van der Waals surface area (Å²) in [5, 5.41) is 6.05. The maximum Gasteiger partial charge on any atom is 0.162 e. The van der Waals surface area contributed by atoms with Crippen LogP contribution in [-0.2, 0) is 0 Å². The van der Waals surface area contributed by atoms with Crippen LogP contribution in [0.25, 0.3) is 21.7 Å². The van der Waals surface area contributed by atoms with Gasteiger partial charge >= 0.3 is 0 Å². The van der Waals surface area contributed by atoms with Crippen LogP contribution in [0.1, 0.15) is 0 Å². The molecule has 0 bridgehead atoms. The zero-order valence-electron chi connectivity index (χ0n) is 18.6. The number of nitrogens with one attached hydrogen (secondary N) is 1. The fraction of sp³-hybridized carbons (Fsp3) is 0.0741. The van der Waals surface area contributed by atoms with E-state index in [1.54, 1.807) is 26.5 Å². The third-order valence-corrected chi connectivity index (χ3v) is 5.57. The molecule has 3 N–H and O–H groups in total. The number of aromatic nitrogens is 1. The second-order valence-electron chi connectivity index (χ2n) is 7.68. The summed E-state index contributed by atoms with van der Waals surface area (Å²) in [7, 11) is 3.18. The number of benzene rings is 4. The molecule has 1 aromatic heterocycles. The van der Waals surface area contributed by atoms with Gasteiger partial charge in [0.15, 0.2) is 11.5 Å². The van der Waals surface area contributed by atoms with Crippen LogP contribution in [-0.4, -0.2) is 19.2 Å². The lowest BCUT2D eigenvalue weighted by Gasteiger charge is -2.14. The first-order valence-electron chi connectivity index (χ1n) is 10.6. The number of hydrogen-bond donors (Lipinski definition) is 2. The molecular weight excluding hydrogens is 433 g/mol. The highest BCUT2D eigenvalue weighted by Crippen LogP contribution is 2.38. The van der Waals surface area contributed by atoms with E-state index in [4.69, 9.17) is 19.9 Å². The molecule has 5 aromatic rings. The average molecular weight is 455 g/mol. The topological polar surface area (TPSA) is 78.6 Å². The van der Waals surface area contributed by atoms with Gasteiger partial charge in [0.1, 0.15) is 17.3 Å². The van der Waals surface area contributed by atoms with E-state index in [2.05, 4.69) is 10.3 Å². The highest BCUT2D eigenvalue weighted by Gasteiger charge is 2.12. The second-order valence-corrected chi connectivity index (χ2v) is 7.68. The largest absolute Gasteiger partial charge is 0.493 e. The summed E-state index contributed by atoms with van der Waals surface area (Å²) < 4.78 is 30.5. The Bertz CT molecular complexity index is 1520. The molecule has 1 heterocycles. The lowest BCUT2D eigenvalue weighted by atomic mass is 10.1. The van der Waals surface area contributed by atoms with Crippen molar-refractivity contribution in [3.63, 3.8) is 0 Å². The minimum atomic E-state index is -0.373. The quantitative estimate of drug-likeness (QED) is 0.279. The van der Waals surface area contributed by atoms with E-state index in [1.165, 1.54) is 12.1 Å². The number of nitrogens with zero attached hydrogens (tertiary/aromatic N) is 1. The molecule has 0 radical (unpaired) electrons. The minimum Gasteiger partial charge on any atom is -0.493 e. The normalized spacial score (nSPS) is 10.9. The fourth-order valence-electron chi connectivity index (χ4n) is 3.89. The van der Waals surface area contributed by atoms with Gasteiger partial charge in [-0.2, -0.15) is 0 Å². The summed E-state index contributed by atoms with van der Waals surface area (Å²) in [6.45, 7) is 0. The number of nitrogens with two attached hydrogens (primary N) is 1. The van der Waals surface area contributed by atoms with Crippen LogP contribution in [0.4, 0.5) is 21.5 Å². The van der Waals surface area contributed by atoms with Crippen molar-refractivity contribution in [3.8, 4) is 23.0 Å². The van der Waals surface area contributed by atoms with Crippen LogP contribution >= 0.6 is 0 Å². The van der Waals surface area contributed by atoms with E-state index < -0.39 is 0 Å². The second kappa shape index (κ2) is 8.78. The molecule has 170 valence electrons. The van der Waals surface area contributed by atoms with Gasteiger partial charge in [-0.05, 0) is 60.0 Å². The number of nitrogen functional groups attached to an aromatic ring is 1. The first-order chi connectivity index (χ1) is 16.6. The molecule has 0 unspecified atom stereocenters. The van der Waals surface area contributed by atoms with Gasteiger partial charge in [0.05, 0.1) is 31.1 Å². The van der Waals surface area contributed by atoms with E-state index in [1.807, 2.05) is 54.6 Å². The predicted octanol–water partition coefficient (Wildman–Crippen LogP) is 6.66. The maximum absolute atomic E-state index is 13.4. The van der Waals surface area contributed by atoms with Crippen LogP contribution < -0.4 is 25.3 Å². The van der Waals surface area contributed by atoms with E-state index in [0.29, 0.717) is 34.4 Å². The molecule has 0 saturated carbocycles. The average Bonchev–Trinajstić information content (AvgIpc) is 2.85. The molecule has 0 aliphatic carbocycles. The molecule has 0 aliphatic heterocycles. The molecule has 0 atom stereocenters. The number of ether oxygens (including phenoxy) is 3. The van der Waals surface area contributed by atoms with Gasteiger partial charge in [-0.3, -0.25) is 4.98 Å². The third-order valence-electron chi connectivity index (χ3n) is 5.57. The van der Waals surface area contributed by atoms with Crippen LogP contribution in [0, 0.1) is 5.82 Å². The van der Waals surface area contributed by atoms with E-state index in [-0.39, 0.29) is 5.82 Å². The summed E-state index contributed by atoms with van der Waals surface area (Å²) in [4.78, 5) is 4.42. The smallest absolute Gasteiger partial charge is 0.162 e. The molecule has 0 amide bonds. The van der Waals surface area contributed by atoms with E-state index in [9.17, 15) is 4.39 Å². The molecule has 4 aromatic carbocycles. The van der Waals surface area contributed by atoms with Gasteiger partial charge < -0.3 is 25.3 Å². The van der Waals surface area contributed by atoms with Crippen LogP contribution in [0.15, 0.2) is 79.0 Å². The molecule has 34 heavy (non-hydrogen) atoms. The van der Waals surface area contributed by atoms with Crippen LogP contribution in [0.5, 0.6) is 23.0 Å². The van der Waals surface area contributed by atoms with Crippen LogP contribution in [0.3, 0.4) is 0 Å². The first kappa shape index (κ1) is 21.3. The Morgan fingerprint density at radius 2 is 1.62 bits per heavy atom. The minimum absolute atomic E-state index is 0.341. The number of pyridine rings is 1. The van der Waals surface area contributed by atoms with Gasteiger partial charge in [-0.1, -0.05) is 12.1 Å². The Kier molecular flexibility index (Phi) is 5.51. The number of rotatable bonds is 6. The van der Waals surface area contributed by atoms with Gasteiger partial charge in [0, 0.05) is 28.7 Å². The summed E-state index contributed by atoms with van der Waals surface area (Å²) in [6, 6.07) is 21.5. The SMILES string of the molecule is COc1cc2nccc(Oc3ccc4c(Nc5ccc(F)cc5N)cccc4c3)c2cc1OC. The van der Waals surface area contributed by atoms with Crippen molar-refractivity contribution < 1.29 is 18.6 Å². The van der Waals surface area contributed by atoms with Crippen molar-refractivity contribution in [3.05, 3.63) is 84.8 Å². The maximum atomic E-state index is 13.4. The van der Waals surface area contributed by atoms with Crippen molar-refractivity contribution in [1.82, 2.24) is 4.98 Å². The molecular formula is C27H22FN3O3. The molecule has 6 nitrogen and oxygen atoms in total. The van der Waals surface area contributed by atoms with Crippen molar-refractivity contribution in [2.24, 2.45) is 0 Å². The molecule has 0 saturated heterocycles. The lowest BCUT2D eigenvalue weighted by Crippen LogP contribution is -1.97. The number of fused-ring (bicyclic) bond motifs is 2. The zero-order chi connectivity index (χ0) is 23.7. The molecule has 0 fully saturated rings. The van der Waals surface area contributed by atoms with Gasteiger partial charge in [0.2, 0.25) is 0 Å². The summed E-state index contributed by atoms with van der Waals surface area (Å²) in [5.74, 6) is 2.16. The zero-order valence-corrected chi connectivity index (χ0v) is 18.6. The third kappa shape index (κ3) is 3.99. The van der Waals surface area contributed by atoms with Crippen molar-refractivity contribution in [2.45, 2.75) is 0 Å². The first-order valence-corrected chi connectivity index (χ1v) is 10.6. The number of hydrogen-bond acceptors (Lipinski definition) is 6. The summed E-state index contributed by atoms with van der Waals surface area (Å²) >= 11 is 0. The Morgan fingerprint density at radius 3 is 2.41 bits per heavy atom. The standard InChI is InChI=1S/C27H22FN3O3/c1-32-26-14-20-24(15-27(26)33-2)30-11-10-25(20)34-18-7-8-19-16(12-18)4-3-5-22(19)31-23-9-6-17(28)13-21(23)29/h3-15,31H,29H2,1-2H3. The molecule has 5 rings (SSSR count). The van der Waals surface area contributed by atoms with E-state index >= 15 is 0 Å². The molecule has 0 aliphatic rings. The lowest BCUT2D eigenvalue weighted by molar-refractivity contribution is 0.355. The number of anilines is 3. The Labute approximate surface area is 195 Å². The summed E-state index contributed by atoms with van der Waals surface area (Å²) in [5.41, 5.74) is 8.54. The van der Waals surface area contributed by atoms with E-state index in [0.717, 1.165) is 27.4 Å². The highest BCUT2D eigenvalue weighted by atomic mass is 19.1. The molecule has 7 heteroatoms. The van der Waals surface area contributed by atoms with Gasteiger partial charge in [0.25, 0.3) is 0 Å². The number of halogens is 1. The Hall–Kier alpha value is -4.52. The highest BCUT2D eigenvalue weighted by molar-refractivity contribution is 5.97. The van der Waals surface area contributed by atoms with Crippen molar-refractivity contribution >= 4 is 38.7 Å². The van der Waals surface area contributed by atoms with Gasteiger partial charge in [-0.15, -0.1) is 0 Å². The number of methoxy groups -OCH3 is 2. The fourth-order valence-corrected chi connectivity index (χ4v) is 3.89. The Morgan fingerprint density at radius 1 is 0.794 bits per heavy atom. The summed E-state index contributed by atoms with van der Waals surface area (Å²) in [6.07, 6.45) is 1.69. The monoisotopic (exact) mass is 455 g/mol.